The van der Waals surface area contributed by atoms with E-state index in [1.165, 1.54) is 0 Å². The van der Waals surface area contributed by atoms with E-state index in [9.17, 15) is 0 Å². The van der Waals surface area contributed by atoms with Crippen molar-refractivity contribution in [2.24, 2.45) is 0 Å². The third-order valence-corrected chi connectivity index (χ3v) is 2.76. The second-order valence-electron chi connectivity index (χ2n) is 4.69. The minimum atomic E-state index is 0.471. The Kier molecular flexibility index (Phi) is 6.60. The molecule has 1 aromatic heterocycles. The van der Waals surface area contributed by atoms with Crippen LogP contribution in [0.25, 0.3) is 0 Å². The first-order chi connectivity index (χ1) is 8.65. The van der Waals surface area contributed by atoms with E-state index in [0.29, 0.717) is 6.04 Å². The molecule has 0 saturated heterocycles. The molecule has 102 valence electrons. The highest BCUT2D eigenvalue weighted by Gasteiger charge is 2.04. The minimum Gasteiger partial charge on any atom is -0.309 e. The van der Waals surface area contributed by atoms with Crippen molar-refractivity contribution in [1.82, 2.24) is 25.2 Å². The summed E-state index contributed by atoms with van der Waals surface area (Å²) in [5, 5.41) is 11.6. The molecule has 0 radical (unpaired) electrons. The van der Waals surface area contributed by atoms with E-state index in [1.807, 2.05) is 17.0 Å². The van der Waals surface area contributed by atoms with Crippen molar-refractivity contribution < 1.29 is 0 Å². The molecule has 1 rings (SSSR count). The van der Waals surface area contributed by atoms with Gasteiger partial charge in [-0.3, -0.25) is 9.58 Å². The van der Waals surface area contributed by atoms with Crippen molar-refractivity contribution in [2.45, 2.75) is 39.9 Å². The highest BCUT2D eigenvalue weighted by molar-refractivity contribution is 4.91. The summed E-state index contributed by atoms with van der Waals surface area (Å²) in [5.41, 5.74) is 0.996. The van der Waals surface area contributed by atoms with Gasteiger partial charge in [0.25, 0.3) is 0 Å². The van der Waals surface area contributed by atoms with Crippen LogP contribution in [0.2, 0.25) is 0 Å². The summed E-state index contributed by atoms with van der Waals surface area (Å²) in [6.45, 7) is 14.7. The molecule has 0 aliphatic rings. The van der Waals surface area contributed by atoms with Crippen molar-refractivity contribution in [3.8, 4) is 0 Å². The van der Waals surface area contributed by atoms with Gasteiger partial charge in [0, 0.05) is 31.9 Å². The molecule has 1 aromatic rings. The lowest BCUT2D eigenvalue weighted by atomic mass is 10.3. The van der Waals surface area contributed by atoms with Gasteiger partial charge in [0.2, 0.25) is 0 Å². The van der Waals surface area contributed by atoms with Gasteiger partial charge in [0.15, 0.2) is 0 Å². The van der Waals surface area contributed by atoms with Crippen LogP contribution in [-0.2, 0) is 13.1 Å². The molecule has 0 fully saturated rings. The Labute approximate surface area is 110 Å². The van der Waals surface area contributed by atoms with E-state index in [1.54, 1.807) is 0 Å². The largest absolute Gasteiger partial charge is 0.309 e. The zero-order valence-corrected chi connectivity index (χ0v) is 11.8. The Balaban J connectivity index is 2.36. The molecule has 0 atom stereocenters. The molecule has 0 amide bonds. The predicted molar refractivity (Wildman–Crippen MR) is 74.3 cm³/mol. The molecule has 18 heavy (non-hydrogen) atoms. The standard InChI is InChI=1S/C13H25N5/c1-5-7-17(6-2)8-9-18-11-13(15-16-18)10-14-12(3)4/h5,11-12,14H,1,6-10H2,2-4H3. The Morgan fingerprint density at radius 2 is 2.33 bits per heavy atom. The average molecular weight is 251 g/mol. The van der Waals surface area contributed by atoms with Gasteiger partial charge in [-0.2, -0.15) is 0 Å². The van der Waals surface area contributed by atoms with Crippen molar-refractivity contribution in [3.63, 3.8) is 0 Å². The number of aromatic nitrogens is 3. The number of rotatable bonds is 9. The molecular formula is C13H25N5. The Bertz CT molecular complexity index is 345. The van der Waals surface area contributed by atoms with Crippen molar-refractivity contribution in [2.75, 3.05) is 19.6 Å². The third kappa shape index (κ3) is 5.42. The summed E-state index contributed by atoms with van der Waals surface area (Å²) in [6.07, 6.45) is 3.94. The van der Waals surface area contributed by atoms with Gasteiger partial charge in [0.05, 0.1) is 12.2 Å². The lowest BCUT2D eigenvalue weighted by Crippen LogP contribution is -2.27. The number of hydrogen-bond acceptors (Lipinski definition) is 4. The predicted octanol–water partition coefficient (Wildman–Crippen LogP) is 1.28. The molecule has 5 nitrogen and oxygen atoms in total. The maximum absolute atomic E-state index is 4.15. The van der Waals surface area contributed by atoms with Gasteiger partial charge in [-0.25, -0.2) is 0 Å². The molecule has 1 heterocycles. The van der Waals surface area contributed by atoms with Gasteiger partial charge < -0.3 is 5.32 Å². The summed E-state index contributed by atoms with van der Waals surface area (Å²) in [4.78, 5) is 2.32. The fraction of sp³-hybridized carbons (Fsp3) is 0.692. The molecular weight excluding hydrogens is 226 g/mol. The van der Waals surface area contributed by atoms with E-state index >= 15 is 0 Å². The zero-order valence-electron chi connectivity index (χ0n) is 11.8. The second kappa shape index (κ2) is 8.00. The number of nitrogens with zero attached hydrogens (tertiary/aromatic N) is 4. The van der Waals surface area contributed by atoms with Crippen LogP contribution in [0.5, 0.6) is 0 Å². The van der Waals surface area contributed by atoms with Crippen LogP contribution in [0.15, 0.2) is 18.9 Å². The van der Waals surface area contributed by atoms with Crippen molar-refractivity contribution in [1.29, 1.82) is 0 Å². The first kappa shape index (κ1) is 14.9. The van der Waals surface area contributed by atoms with Gasteiger partial charge in [0.1, 0.15) is 0 Å². The Hall–Kier alpha value is -1.20. The molecule has 0 bridgehead atoms. The second-order valence-corrected chi connectivity index (χ2v) is 4.69. The summed E-state index contributed by atoms with van der Waals surface area (Å²) in [6, 6.07) is 0.471. The first-order valence-electron chi connectivity index (χ1n) is 6.61. The smallest absolute Gasteiger partial charge is 0.0964 e. The van der Waals surface area contributed by atoms with Gasteiger partial charge >= 0.3 is 0 Å². The van der Waals surface area contributed by atoms with Crippen LogP contribution in [0.3, 0.4) is 0 Å². The average Bonchev–Trinajstić information content (AvgIpc) is 2.80. The van der Waals surface area contributed by atoms with Crippen LogP contribution >= 0.6 is 0 Å². The summed E-state index contributed by atoms with van der Waals surface area (Å²) < 4.78 is 1.91. The third-order valence-electron chi connectivity index (χ3n) is 2.76. The van der Waals surface area contributed by atoms with Crippen molar-refractivity contribution >= 4 is 0 Å². The minimum absolute atomic E-state index is 0.471. The van der Waals surface area contributed by atoms with Crippen LogP contribution in [0.4, 0.5) is 0 Å². The highest BCUT2D eigenvalue weighted by atomic mass is 15.4. The SMILES string of the molecule is C=CCN(CC)CCn1cc(CNC(C)C)nn1. The molecule has 0 saturated carbocycles. The van der Waals surface area contributed by atoms with Crippen LogP contribution in [0, 0.1) is 0 Å². The topological polar surface area (TPSA) is 46.0 Å². The van der Waals surface area contributed by atoms with E-state index in [0.717, 1.165) is 38.4 Å². The molecule has 0 aliphatic carbocycles. The molecule has 5 heteroatoms. The van der Waals surface area contributed by atoms with E-state index in [-0.39, 0.29) is 0 Å². The van der Waals surface area contributed by atoms with E-state index < -0.39 is 0 Å². The first-order valence-corrected chi connectivity index (χ1v) is 6.61. The quantitative estimate of drug-likeness (QED) is 0.672. The van der Waals surface area contributed by atoms with E-state index in [4.69, 9.17) is 0 Å². The highest BCUT2D eigenvalue weighted by Crippen LogP contribution is 1.96. The normalized spacial score (nSPS) is 11.4. The lowest BCUT2D eigenvalue weighted by Gasteiger charge is -2.17. The Morgan fingerprint density at radius 1 is 1.56 bits per heavy atom. The number of likely N-dealkylation sites (N-methyl/N-ethyl adjacent to an activating group) is 1. The molecule has 0 aromatic carbocycles. The summed E-state index contributed by atoms with van der Waals surface area (Å²) >= 11 is 0. The van der Waals surface area contributed by atoms with Crippen LogP contribution < -0.4 is 5.32 Å². The summed E-state index contributed by atoms with van der Waals surface area (Å²) in [7, 11) is 0. The maximum Gasteiger partial charge on any atom is 0.0964 e. The maximum atomic E-state index is 4.15. The summed E-state index contributed by atoms with van der Waals surface area (Å²) in [5.74, 6) is 0. The fourth-order valence-corrected chi connectivity index (χ4v) is 1.64. The number of hydrogen-bond donors (Lipinski definition) is 1. The fourth-order valence-electron chi connectivity index (χ4n) is 1.64. The number of nitrogens with one attached hydrogen (secondary N) is 1. The lowest BCUT2D eigenvalue weighted by molar-refractivity contribution is 0.297. The van der Waals surface area contributed by atoms with Crippen LogP contribution in [0.1, 0.15) is 26.5 Å². The van der Waals surface area contributed by atoms with Gasteiger partial charge in [-0.05, 0) is 6.54 Å². The van der Waals surface area contributed by atoms with Crippen molar-refractivity contribution in [3.05, 3.63) is 24.5 Å². The Morgan fingerprint density at radius 3 is 2.94 bits per heavy atom. The molecule has 0 spiro atoms. The van der Waals surface area contributed by atoms with Gasteiger partial charge in [-0.1, -0.05) is 32.1 Å². The van der Waals surface area contributed by atoms with Crippen LogP contribution in [-0.4, -0.2) is 45.6 Å². The van der Waals surface area contributed by atoms with Gasteiger partial charge in [-0.15, -0.1) is 11.7 Å². The van der Waals surface area contributed by atoms with E-state index in [2.05, 4.69) is 47.9 Å². The zero-order chi connectivity index (χ0) is 13.4. The monoisotopic (exact) mass is 251 g/mol. The molecule has 0 unspecified atom stereocenters. The molecule has 0 aliphatic heterocycles. The molecule has 1 N–H and O–H groups in total.